The quantitative estimate of drug-likeness (QED) is 0.614. The minimum atomic E-state index is -0.899. The summed E-state index contributed by atoms with van der Waals surface area (Å²) in [5.74, 6) is 0.719. The van der Waals surface area contributed by atoms with Crippen molar-refractivity contribution in [2.45, 2.75) is 83.0 Å². The SMILES string of the molecule is CCCCC[C@@H]1CC(C#N)c2cc(C(=O)O)ccc2[C@H]1C1CCCCC1. The van der Waals surface area contributed by atoms with E-state index in [2.05, 4.69) is 13.0 Å². The highest BCUT2D eigenvalue weighted by Crippen LogP contribution is 2.51. The van der Waals surface area contributed by atoms with E-state index in [0.717, 1.165) is 12.0 Å². The van der Waals surface area contributed by atoms with E-state index in [0.29, 0.717) is 23.3 Å². The number of rotatable bonds is 6. The number of nitriles is 1. The molecule has 3 heteroatoms. The third-order valence-corrected chi connectivity index (χ3v) is 6.61. The van der Waals surface area contributed by atoms with Gasteiger partial charge in [-0.3, -0.25) is 0 Å². The maximum atomic E-state index is 11.4. The minimum Gasteiger partial charge on any atom is -0.478 e. The van der Waals surface area contributed by atoms with Crippen molar-refractivity contribution in [2.24, 2.45) is 11.8 Å². The molecule has 3 rings (SSSR count). The van der Waals surface area contributed by atoms with Crippen molar-refractivity contribution in [1.82, 2.24) is 0 Å². The van der Waals surface area contributed by atoms with Gasteiger partial charge in [0.15, 0.2) is 0 Å². The van der Waals surface area contributed by atoms with Crippen LogP contribution in [0.2, 0.25) is 0 Å². The lowest BCUT2D eigenvalue weighted by atomic mass is 9.62. The van der Waals surface area contributed by atoms with E-state index in [9.17, 15) is 15.2 Å². The van der Waals surface area contributed by atoms with Gasteiger partial charge in [-0.2, -0.15) is 5.26 Å². The first kappa shape index (κ1) is 19.0. The van der Waals surface area contributed by atoms with Gasteiger partial charge in [-0.05, 0) is 66.7 Å². The van der Waals surface area contributed by atoms with Gasteiger partial charge in [-0.1, -0.05) is 51.5 Å². The molecule has 0 bridgehead atoms. The number of nitrogens with zero attached hydrogens (tertiary/aromatic N) is 1. The first-order valence-corrected chi connectivity index (χ1v) is 10.4. The van der Waals surface area contributed by atoms with E-state index in [-0.39, 0.29) is 5.92 Å². The molecule has 1 fully saturated rings. The molecule has 0 saturated heterocycles. The number of carboxylic acid groups (broad SMARTS) is 1. The van der Waals surface area contributed by atoms with Gasteiger partial charge in [0.2, 0.25) is 0 Å². The second kappa shape index (κ2) is 8.71. The lowest BCUT2D eigenvalue weighted by molar-refractivity contribution is 0.0696. The van der Waals surface area contributed by atoms with Gasteiger partial charge in [0.05, 0.1) is 17.6 Å². The maximum absolute atomic E-state index is 11.4. The number of aromatic carboxylic acids is 1. The van der Waals surface area contributed by atoms with Crippen LogP contribution < -0.4 is 0 Å². The van der Waals surface area contributed by atoms with E-state index in [1.165, 1.54) is 63.4 Å². The van der Waals surface area contributed by atoms with Gasteiger partial charge < -0.3 is 5.11 Å². The average molecular weight is 354 g/mol. The van der Waals surface area contributed by atoms with Gasteiger partial charge in [0, 0.05) is 0 Å². The lowest BCUT2D eigenvalue weighted by Crippen LogP contribution is -2.30. The maximum Gasteiger partial charge on any atom is 0.335 e. The van der Waals surface area contributed by atoms with Crippen LogP contribution in [0, 0.1) is 23.2 Å². The third kappa shape index (κ3) is 3.95. The Morgan fingerprint density at radius 1 is 1.19 bits per heavy atom. The lowest BCUT2D eigenvalue weighted by Gasteiger charge is -2.42. The number of carbonyl (C=O) groups is 1. The Kier molecular flexibility index (Phi) is 6.35. The summed E-state index contributed by atoms with van der Waals surface area (Å²) in [4.78, 5) is 11.4. The molecule has 1 aromatic carbocycles. The smallest absolute Gasteiger partial charge is 0.335 e. The summed E-state index contributed by atoms with van der Waals surface area (Å²) in [6.45, 7) is 2.24. The number of hydrogen-bond acceptors (Lipinski definition) is 2. The fourth-order valence-electron chi connectivity index (χ4n) is 5.35. The first-order chi connectivity index (χ1) is 12.7. The summed E-state index contributed by atoms with van der Waals surface area (Å²) in [5, 5.41) is 19.1. The van der Waals surface area contributed by atoms with E-state index in [1.54, 1.807) is 12.1 Å². The van der Waals surface area contributed by atoms with Crippen LogP contribution in [0.1, 0.15) is 104 Å². The molecule has 0 heterocycles. The van der Waals surface area contributed by atoms with Gasteiger partial charge in [-0.25, -0.2) is 4.79 Å². The summed E-state index contributed by atoms with van der Waals surface area (Å²) in [7, 11) is 0. The van der Waals surface area contributed by atoms with Gasteiger partial charge in [0.25, 0.3) is 0 Å². The van der Waals surface area contributed by atoms with Gasteiger partial charge in [-0.15, -0.1) is 0 Å². The highest BCUT2D eigenvalue weighted by molar-refractivity contribution is 5.88. The van der Waals surface area contributed by atoms with Crippen LogP contribution in [0.25, 0.3) is 0 Å². The van der Waals surface area contributed by atoms with Crippen LogP contribution in [0.3, 0.4) is 0 Å². The largest absolute Gasteiger partial charge is 0.478 e. The standard InChI is InChI=1S/C23H31NO2/c1-2-3-5-10-17-13-19(15-24)21-14-18(23(25)26)11-12-20(21)22(17)16-8-6-4-7-9-16/h11-12,14,16-17,19,22H,2-10,13H2,1H3,(H,25,26)/t17-,19?,22+/m1/s1. The Morgan fingerprint density at radius 2 is 1.96 bits per heavy atom. The number of unbranched alkanes of at least 4 members (excludes halogenated alkanes) is 2. The molecular formula is C23H31NO2. The Morgan fingerprint density at radius 3 is 2.62 bits per heavy atom. The Labute approximate surface area is 157 Å². The van der Waals surface area contributed by atoms with Crippen LogP contribution >= 0.6 is 0 Å². The van der Waals surface area contributed by atoms with Crippen molar-refractivity contribution in [3.05, 3.63) is 34.9 Å². The third-order valence-electron chi connectivity index (χ3n) is 6.61. The molecule has 140 valence electrons. The van der Waals surface area contributed by atoms with Crippen molar-refractivity contribution >= 4 is 5.97 Å². The molecule has 3 nitrogen and oxygen atoms in total. The molecule has 0 aromatic heterocycles. The molecule has 1 N–H and O–H groups in total. The Balaban J connectivity index is 1.97. The highest BCUT2D eigenvalue weighted by Gasteiger charge is 2.39. The van der Waals surface area contributed by atoms with E-state index < -0.39 is 5.97 Å². The molecule has 1 aromatic rings. The molecular weight excluding hydrogens is 322 g/mol. The molecule has 2 aliphatic rings. The van der Waals surface area contributed by atoms with Crippen LogP contribution in [0.15, 0.2) is 18.2 Å². The van der Waals surface area contributed by atoms with Gasteiger partial charge >= 0.3 is 5.97 Å². The highest BCUT2D eigenvalue weighted by atomic mass is 16.4. The summed E-state index contributed by atoms with van der Waals surface area (Å²) in [6.07, 6.45) is 12.4. The topological polar surface area (TPSA) is 61.1 Å². The molecule has 2 aliphatic carbocycles. The fraction of sp³-hybridized carbons (Fsp3) is 0.652. The summed E-state index contributed by atoms with van der Waals surface area (Å²) in [6, 6.07) is 8.04. The minimum absolute atomic E-state index is 0.157. The summed E-state index contributed by atoms with van der Waals surface area (Å²) >= 11 is 0. The molecule has 26 heavy (non-hydrogen) atoms. The second-order valence-electron chi connectivity index (χ2n) is 8.25. The van der Waals surface area contributed by atoms with Gasteiger partial charge in [0.1, 0.15) is 0 Å². The molecule has 0 aliphatic heterocycles. The van der Waals surface area contributed by atoms with Crippen molar-refractivity contribution in [3.63, 3.8) is 0 Å². The molecule has 0 amide bonds. The molecule has 0 radical (unpaired) electrons. The van der Waals surface area contributed by atoms with Crippen molar-refractivity contribution in [2.75, 3.05) is 0 Å². The second-order valence-corrected chi connectivity index (χ2v) is 8.25. The van der Waals surface area contributed by atoms with Crippen molar-refractivity contribution < 1.29 is 9.90 Å². The zero-order valence-corrected chi connectivity index (χ0v) is 15.9. The number of hydrogen-bond donors (Lipinski definition) is 1. The summed E-state index contributed by atoms with van der Waals surface area (Å²) < 4.78 is 0. The number of carboxylic acids is 1. The normalized spacial score (nSPS) is 26.1. The van der Waals surface area contributed by atoms with Crippen molar-refractivity contribution in [3.8, 4) is 6.07 Å². The van der Waals surface area contributed by atoms with E-state index in [1.807, 2.05) is 6.07 Å². The Bertz CT molecular complexity index is 669. The zero-order chi connectivity index (χ0) is 18.5. The van der Waals surface area contributed by atoms with Crippen LogP contribution in [0.5, 0.6) is 0 Å². The van der Waals surface area contributed by atoms with Crippen molar-refractivity contribution in [1.29, 1.82) is 5.26 Å². The zero-order valence-electron chi connectivity index (χ0n) is 15.9. The number of benzene rings is 1. The van der Waals surface area contributed by atoms with Crippen LogP contribution in [-0.4, -0.2) is 11.1 Å². The average Bonchev–Trinajstić information content (AvgIpc) is 2.67. The predicted molar refractivity (Wildman–Crippen MR) is 103 cm³/mol. The molecule has 0 spiro atoms. The van der Waals surface area contributed by atoms with Crippen LogP contribution in [0.4, 0.5) is 0 Å². The van der Waals surface area contributed by atoms with Crippen LogP contribution in [-0.2, 0) is 0 Å². The monoisotopic (exact) mass is 353 g/mol. The van der Waals surface area contributed by atoms with E-state index in [4.69, 9.17) is 0 Å². The number of fused-ring (bicyclic) bond motifs is 1. The molecule has 3 atom stereocenters. The first-order valence-electron chi connectivity index (χ1n) is 10.4. The molecule has 1 unspecified atom stereocenters. The fourth-order valence-corrected chi connectivity index (χ4v) is 5.35. The Hall–Kier alpha value is -1.82. The van der Waals surface area contributed by atoms with E-state index >= 15 is 0 Å². The summed E-state index contributed by atoms with van der Waals surface area (Å²) in [5.41, 5.74) is 2.59. The predicted octanol–water partition coefficient (Wildman–Crippen LogP) is 6.26. The molecule has 1 saturated carbocycles.